The Hall–Kier alpha value is -5.41. The molecule has 6 aromatic rings. The number of ketones is 1. The van der Waals surface area contributed by atoms with Crippen LogP contribution in [0.1, 0.15) is 27.0 Å². The molecule has 2 heteroatoms. The smallest absolute Gasteiger partial charge is 0.195 e. The lowest BCUT2D eigenvalue weighted by Gasteiger charge is -2.38. The standard InChI is InChI=1S/C42H29OP/c43-41(34-22-10-3-11-23-34)42-38(31-30-32-18-6-1-7-19-32)40(33-20-8-2-9-21-33)37-28-16-17-29-39(37)44(42,35-24-12-4-13-25-35)36-26-14-5-15-27-36/h1-29H. The zero-order valence-corrected chi connectivity index (χ0v) is 25.0. The number of fused-ring (bicyclic) bond motifs is 1. The van der Waals surface area contributed by atoms with E-state index in [1.165, 1.54) is 5.30 Å². The van der Waals surface area contributed by atoms with E-state index in [4.69, 9.17) is 0 Å². The molecule has 6 aromatic carbocycles. The third kappa shape index (κ3) is 4.77. The van der Waals surface area contributed by atoms with Crippen LogP contribution in [0.5, 0.6) is 0 Å². The molecule has 0 saturated heterocycles. The van der Waals surface area contributed by atoms with E-state index in [-0.39, 0.29) is 5.78 Å². The Morgan fingerprint density at radius 3 is 1.55 bits per heavy atom. The molecule has 0 fully saturated rings. The summed E-state index contributed by atoms with van der Waals surface area (Å²) in [5.41, 5.74) is 5.49. The summed E-state index contributed by atoms with van der Waals surface area (Å²) in [6, 6.07) is 59.9. The van der Waals surface area contributed by atoms with Crippen LogP contribution in [0.4, 0.5) is 0 Å². The highest BCUT2D eigenvalue weighted by molar-refractivity contribution is 7.97. The molecule has 0 bridgehead atoms. The molecule has 1 aliphatic rings. The average Bonchev–Trinajstić information content (AvgIpc) is 3.11. The van der Waals surface area contributed by atoms with Crippen LogP contribution in [0.15, 0.2) is 181 Å². The van der Waals surface area contributed by atoms with Crippen molar-refractivity contribution in [2.45, 2.75) is 0 Å². The third-order valence-corrected chi connectivity index (χ3v) is 12.4. The van der Waals surface area contributed by atoms with E-state index < -0.39 is 6.89 Å². The van der Waals surface area contributed by atoms with Gasteiger partial charge >= 0.3 is 0 Å². The molecule has 0 aromatic heterocycles. The summed E-state index contributed by atoms with van der Waals surface area (Å²) >= 11 is 0. The molecule has 44 heavy (non-hydrogen) atoms. The van der Waals surface area contributed by atoms with Gasteiger partial charge in [0.05, 0.1) is 0 Å². The molecule has 0 aliphatic carbocycles. The fourth-order valence-electron chi connectivity index (χ4n) is 6.18. The van der Waals surface area contributed by atoms with E-state index >= 15 is 4.79 Å². The van der Waals surface area contributed by atoms with Crippen LogP contribution in [0.25, 0.3) is 5.57 Å². The van der Waals surface area contributed by atoms with Crippen molar-refractivity contribution in [1.82, 2.24) is 0 Å². The highest BCUT2D eigenvalue weighted by Gasteiger charge is 2.41. The molecule has 0 N–H and O–H groups in total. The Kier molecular flexibility index (Phi) is 7.52. The molecule has 0 radical (unpaired) electrons. The van der Waals surface area contributed by atoms with Crippen molar-refractivity contribution in [2.24, 2.45) is 0 Å². The molecule has 1 nitrogen and oxygen atoms in total. The zero-order chi connectivity index (χ0) is 29.8. The van der Waals surface area contributed by atoms with Crippen LogP contribution in [0.3, 0.4) is 0 Å². The van der Waals surface area contributed by atoms with Gasteiger partial charge in [0.25, 0.3) is 0 Å². The number of hydrogen-bond donors (Lipinski definition) is 0. The maximum Gasteiger partial charge on any atom is 0.195 e. The lowest BCUT2D eigenvalue weighted by Crippen LogP contribution is -2.38. The van der Waals surface area contributed by atoms with E-state index in [9.17, 15) is 0 Å². The Balaban J connectivity index is 1.76. The molecule has 0 spiro atoms. The number of Topliss-reactive ketones (excluding diaryl/α,β-unsaturated/α-hetero) is 1. The van der Waals surface area contributed by atoms with Crippen LogP contribution in [0, 0.1) is 11.8 Å². The highest BCUT2D eigenvalue weighted by atomic mass is 31.2. The van der Waals surface area contributed by atoms with Gasteiger partial charge in [-0.2, -0.15) is 0 Å². The molecular weight excluding hydrogens is 551 g/mol. The summed E-state index contributed by atoms with van der Waals surface area (Å²) < 4.78 is 0. The predicted molar refractivity (Wildman–Crippen MR) is 187 cm³/mol. The van der Waals surface area contributed by atoms with Crippen LogP contribution < -0.4 is 15.9 Å². The van der Waals surface area contributed by atoms with Gasteiger partial charge in [0.1, 0.15) is 0 Å². The van der Waals surface area contributed by atoms with Crippen molar-refractivity contribution in [3.8, 4) is 11.8 Å². The fourth-order valence-corrected chi connectivity index (χ4v) is 10.8. The zero-order valence-electron chi connectivity index (χ0n) is 24.1. The van der Waals surface area contributed by atoms with Gasteiger partial charge in [-0.15, -0.1) is 0 Å². The minimum absolute atomic E-state index is 0.00642. The first-order chi connectivity index (χ1) is 21.8. The number of benzene rings is 6. The monoisotopic (exact) mass is 580 g/mol. The Labute approximate surface area is 259 Å². The lowest BCUT2D eigenvalue weighted by atomic mass is 9.89. The first kappa shape index (κ1) is 27.4. The number of allylic oxidation sites excluding steroid dienone is 1. The quantitative estimate of drug-likeness (QED) is 0.115. The van der Waals surface area contributed by atoms with Crippen molar-refractivity contribution < 1.29 is 4.79 Å². The van der Waals surface area contributed by atoms with Crippen molar-refractivity contribution in [2.75, 3.05) is 0 Å². The van der Waals surface area contributed by atoms with E-state index in [2.05, 4.69) is 109 Å². The topological polar surface area (TPSA) is 17.1 Å². The second kappa shape index (κ2) is 12.1. The molecule has 1 aliphatic heterocycles. The van der Waals surface area contributed by atoms with Crippen molar-refractivity contribution in [1.29, 1.82) is 0 Å². The van der Waals surface area contributed by atoms with Crippen LogP contribution in [-0.4, -0.2) is 11.1 Å². The molecular formula is C42H29OP. The normalized spacial score (nSPS) is 13.4. The maximum absolute atomic E-state index is 15.3. The number of rotatable bonds is 5. The van der Waals surface area contributed by atoms with Gasteiger partial charge in [-0.25, -0.2) is 0 Å². The molecule has 0 saturated carbocycles. The fraction of sp³-hybridized carbons (Fsp3) is 0. The summed E-state index contributed by atoms with van der Waals surface area (Å²) in [5.74, 6) is 7.09. The van der Waals surface area contributed by atoms with Gasteiger partial charge in [-0.3, -0.25) is 4.79 Å². The number of carbonyl (C=O) groups is 1. The summed E-state index contributed by atoms with van der Waals surface area (Å²) in [7, 11) is 0. The van der Waals surface area contributed by atoms with E-state index in [1.54, 1.807) is 0 Å². The average molecular weight is 581 g/mol. The molecule has 208 valence electrons. The van der Waals surface area contributed by atoms with Crippen molar-refractivity contribution >= 4 is 39.4 Å². The Morgan fingerprint density at radius 1 is 0.477 bits per heavy atom. The van der Waals surface area contributed by atoms with Crippen LogP contribution in [0.2, 0.25) is 0 Å². The van der Waals surface area contributed by atoms with Crippen LogP contribution >= 0.6 is 6.89 Å². The summed E-state index contributed by atoms with van der Waals surface area (Å²) in [4.78, 5) is 15.3. The second-order valence-electron chi connectivity index (χ2n) is 10.6. The molecule has 1 heterocycles. The molecule has 0 atom stereocenters. The van der Waals surface area contributed by atoms with Gasteiger partial charge in [0.15, 0.2) is 5.78 Å². The van der Waals surface area contributed by atoms with Gasteiger partial charge in [0.2, 0.25) is 0 Å². The largest absolute Gasteiger partial charge is 0.288 e. The number of hydrogen-bond acceptors (Lipinski definition) is 1. The van der Waals surface area contributed by atoms with E-state index in [1.807, 2.05) is 78.9 Å². The molecule has 7 rings (SSSR count). The maximum atomic E-state index is 15.3. The lowest BCUT2D eigenvalue weighted by molar-refractivity contribution is 0.106. The molecule has 0 amide bonds. The number of carbonyl (C=O) groups excluding carboxylic acids is 1. The summed E-state index contributed by atoms with van der Waals surface area (Å²) in [5, 5.41) is 4.19. The second-order valence-corrected chi connectivity index (χ2v) is 13.9. The predicted octanol–water partition coefficient (Wildman–Crippen LogP) is 7.90. The van der Waals surface area contributed by atoms with Gasteiger partial charge < -0.3 is 0 Å². The first-order valence-electron chi connectivity index (χ1n) is 14.7. The Bertz CT molecular complexity index is 2060. The molecule has 0 unspecified atom stereocenters. The Morgan fingerprint density at radius 2 is 0.955 bits per heavy atom. The van der Waals surface area contributed by atoms with Gasteiger partial charge in [-0.1, -0.05) is 176 Å². The van der Waals surface area contributed by atoms with Gasteiger partial charge in [-0.05, 0) is 46.1 Å². The summed E-state index contributed by atoms with van der Waals surface area (Å²) in [6.07, 6.45) is 0. The van der Waals surface area contributed by atoms with Crippen molar-refractivity contribution in [3.05, 3.63) is 204 Å². The van der Waals surface area contributed by atoms with Gasteiger partial charge in [0, 0.05) is 27.6 Å². The van der Waals surface area contributed by atoms with E-state index in [0.29, 0.717) is 5.56 Å². The summed E-state index contributed by atoms with van der Waals surface area (Å²) in [6.45, 7) is -2.75. The minimum Gasteiger partial charge on any atom is -0.288 e. The minimum atomic E-state index is -2.75. The first-order valence-corrected chi connectivity index (χ1v) is 16.5. The van der Waals surface area contributed by atoms with E-state index in [0.717, 1.165) is 43.7 Å². The van der Waals surface area contributed by atoms with Crippen molar-refractivity contribution in [3.63, 3.8) is 0 Å². The highest BCUT2D eigenvalue weighted by Crippen LogP contribution is 2.54. The SMILES string of the molecule is O=C(C1=P(c2ccccc2)(c2ccccc2)c2ccccc2C(c2ccccc2)=C1C#Cc1ccccc1)c1ccccc1. The van der Waals surface area contributed by atoms with Crippen LogP contribution in [-0.2, 0) is 0 Å². The third-order valence-electron chi connectivity index (χ3n) is 8.06.